The number of benzene rings is 2. The van der Waals surface area contributed by atoms with Gasteiger partial charge in [0.05, 0.1) is 19.8 Å². The van der Waals surface area contributed by atoms with Gasteiger partial charge in [0.15, 0.2) is 11.5 Å². The molecule has 3 rings (SSSR count). The van der Waals surface area contributed by atoms with Crippen LogP contribution in [0.15, 0.2) is 54.7 Å². The van der Waals surface area contributed by atoms with Crippen molar-refractivity contribution in [1.29, 1.82) is 5.26 Å². The van der Waals surface area contributed by atoms with Crippen molar-refractivity contribution in [3.63, 3.8) is 0 Å². The third-order valence-corrected chi connectivity index (χ3v) is 4.18. The average molecular weight is 332 g/mol. The molecule has 0 aliphatic rings. The second-order valence-corrected chi connectivity index (χ2v) is 5.69. The van der Waals surface area contributed by atoms with Crippen LogP contribution in [-0.4, -0.2) is 18.3 Å². The first-order chi connectivity index (χ1) is 12.2. The first kappa shape index (κ1) is 16.7. The highest BCUT2D eigenvalue weighted by molar-refractivity contribution is 5.89. The zero-order valence-electron chi connectivity index (χ0n) is 14.6. The predicted octanol–water partition coefficient (Wildman–Crippen LogP) is 4.54. The van der Waals surface area contributed by atoms with Crippen molar-refractivity contribution in [3.8, 4) is 17.6 Å². The van der Waals surface area contributed by atoms with Gasteiger partial charge in [-0.25, -0.2) is 0 Å². The quantitative estimate of drug-likeness (QED) is 0.644. The smallest absolute Gasteiger partial charge is 0.161 e. The number of hydrogen-bond donors (Lipinski definition) is 0. The largest absolute Gasteiger partial charge is 0.493 e. The third kappa shape index (κ3) is 3.22. The molecule has 0 atom stereocenters. The maximum absolute atomic E-state index is 9.27. The molecule has 1 heterocycles. The fraction of sp³-hybridized carbons (Fsp3) is 0.190. The van der Waals surface area contributed by atoms with Crippen molar-refractivity contribution >= 4 is 16.5 Å². The molecule has 0 spiro atoms. The molecule has 0 aliphatic carbocycles. The Morgan fingerprint density at radius 3 is 2.60 bits per heavy atom. The van der Waals surface area contributed by atoms with Crippen molar-refractivity contribution in [2.45, 2.75) is 6.92 Å². The highest BCUT2D eigenvalue weighted by Gasteiger charge is 2.11. The SMILES string of the molecule is CCOc1cc(/C(=C/C#N)c2ccc3ccn(C)c3c2)ccc1OC. The van der Waals surface area contributed by atoms with Crippen molar-refractivity contribution in [3.05, 3.63) is 65.9 Å². The van der Waals surface area contributed by atoms with E-state index in [-0.39, 0.29) is 0 Å². The van der Waals surface area contributed by atoms with Gasteiger partial charge < -0.3 is 14.0 Å². The standard InChI is InChI=1S/C21H20N2O2/c1-4-25-21-14-17(7-8-20(21)24-3)18(9-11-22)16-6-5-15-10-12-23(2)19(15)13-16/h5-10,12-14H,4H2,1-3H3/b18-9+. The molecule has 1 aromatic heterocycles. The molecule has 0 unspecified atom stereocenters. The Morgan fingerprint density at radius 2 is 1.88 bits per heavy atom. The third-order valence-electron chi connectivity index (χ3n) is 4.18. The number of rotatable bonds is 5. The zero-order chi connectivity index (χ0) is 17.8. The molecule has 126 valence electrons. The van der Waals surface area contributed by atoms with Gasteiger partial charge >= 0.3 is 0 Å². The molecule has 4 heteroatoms. The summed E-state index contributed by atoms with van der Waals surface area (Å²) in [6.45, 7) is 2.48. The minimum absolute atomic E-state index is 0.548. The van der Waals surface area contributed by atoms with Crippen molar-refractivity contribution in [1.82, 2.24) is 4.57 Å². The fourth-order valence-electron chi connectivity index (χ4n) is 2.94. The Labute approximate surface area is 147 Å². The lowest BCUT2D eigenvalue weighted by Crippen LogP contribution is -1.97. The Bertz CT molecular complexity index is 977. The number of fused-ring (bicyclic) bond motifs is 1. The second-order valence-electron chi connectivity index (χ2n) is 5.69. The fourth-order valence-corrected chi connectivity index (χ4v) is 2.94. The van der Waals surface area contributed by atoms with Crippen molar-refractivity contribution in [2.24, 2.45) is 7.05 Å². The molecular weight excluding hydrogens is 312 g/mol. The monoisotopic (exact) mass is 332 g/mol. The Balaban J connectivity index is 2.12. The van der Waals surface area contributed by atoms with Gasteiger partial charge in [-0.1, -0.05) is 18.2 Å². The summed E-state index contributed by atoms with van der Waals surface area (Å²) in [5.74, 6) is 1.35. The molecule has 0 bridgehead atoms. The molecule has 4 nitrogen and oxygen atoms in total. The number of hydrogen-bond acceptors (Lipinski definition) is 3. The Hall–Kier alpha value is -3.19. The van der Waals surface area contributed by atoms with Crippen molar-refractivity contribution < 1.29 is 9.47 Å². The normalized spacial score (nSPS) is 11.4. The van der Waals surface area contributed by atoms with Crippen LogP contribution in [0.4, 0.5) is 0 Å². The first-order valence-corrected chi connectivity index (χ1v) is 8.14. The minimum Gasteiger partial charge on any atom is -0.493 e. The first-order valence-electron chi connectivity index (χ1n) is 8.14. The van der Waals surface area contributed by atoms with Crippen molar-refractivity contribution in [2.75, 3.05) is 13.7 Å². The van der Waals surface area contributed by atoms with Crippen LogP contribution in [0.5, 0.6) is 11.5 Å². The average Bonchev–Trinajstić information content (AvgIpc) is 3.00. The van der Waals surface area contributed by atoms with Crippen LogP contribution in [0, 0.1) is 11.3 Å². The van der Waals surface area contributed by atoms with E-state index >= 15 is 0 Å². The van der Waals surface area contributed by atoms with E-state index in [1.165, 1.54) is 5.39 Å². The van der Waals surface area contributed by atoms with Gasteiger partial charge in [-0.05, 0) is 53.3 Å². The van der Waals surface area contributed by atoms with Gasteiger partial charge in [0.25, 0.3) is 0 Å². The summed E-state index contributed by atoms with van der Waals surface area (Å²) in [6, 6.07) is 16.2. The number of nitrogens with zero attached hydrogens (tertiary/aromatic N) is 2. The maximum atomic E-state index is 9.27. The van der Waals surface area contributed by atoms with Gasteiger partial charge in [-0.3, -0.25) is 0 Å². The summed E-state index contributed by atoms with van der Waals surface area (Å²) < 4.78 is 13.1. The Morgan fingerprint density at radius 1 is 1.12 bits per heavy atom. The molecule has 0 saturated heterocycles. The minimum atomic E-state index is 0.548. The van der Waals surface area contributed by atoms with Gasteiger partial charge in [0, 0.05) is 24.8 Å². The number of methoxy groups -OCH3 is 1. The molecule has 0 amide bonds. The van der Waals surface area contributed by atoms with E-state index in [0.29, 0.717) is 18.1 Å². The maximum Gasteiger partial charge on any atom is 0.161 e. The van der Waals surface area contributed by atoms with Crippen LogP contribution in [0.2, 0.25) is 0 Å². The van der Waals surface area contributed by atoms with E-state index in [2.05, 4.69) is 28.8 Å². The zero-order valence-corrected chi connectivity index (χ0v) is 14.6. The summed E-state index contributed by atoms with van der Waals surface area (Å²) in [4.78, 5) is 0. The second kappa shape index (κ2) is 7.14. The number of aryl methyl sites for hydroxylation is 1. The van der Waals surface area contributed by atoms with Crippen LogP contribution in [-0.2, 0) is 7.05 Å². The molecule has 2 aromatic carbocycles. The molecule has 0 fully saturated rings. The van der Waals surface area contributed by atoms with Gasteiger partial charge in [-0.2, -0.15) is 5.26 Å². The Kier molecular flexibility index (Phi) is 4.76. The van der Waals surface area contributed by atoms with Crippen LogP contribution in [0.25, 0.3) is 16.5 Å². The van der Waals surface area contributed by atoms with E-state index in [9.17, 15) is 5.26 Å². The van der Waals surface area contributed by atoms with Crippen LogP contribution in [0.3, 0.4) is 0 Å². The molecule has 0 saturated carbocycles. The molecule has 0 aliphatic heterocycles. The van der Waals surface area contributed by atoms with E-state index in [1.54, 1.807) is 13.2 Å². The lowest BCUT2D eigenvalue weighted by molar-refractivity contribution is 0.311. The lowest BCUT2D eigenvalue weighted by Gasteiger charge is -2.13. The summed E-state index contributed by atoms with van der Waals surface area (Å²) >= 11 is 0. The van der Waals surface area contributed by atoms with Crippen LogP contribution in [0.1, 0.15) is 18.1 Å². The number of allylic oxidation sites excluding steroid dienone is 1. The molecule has 25 heavy (non-hydrogen) atoms. The number of ether oxygens (including phenoxy) is 2. The molecular formula is C21H20N2O2. The number of aromatic nitrogens is 1. The topological polar surface area (TPSA) is 47.2 Å². The lowest BCUT2D eigenvalue weighted by atomic mass is 9.96. The predicted molar refractivity (Wildman–Crippen MR) is 99.8 cm³/mol. The van der Waals surface area contributed by atoms with E-state index in [1.807, 2.05) is 44.4 Å². The number of nitriles is 1. The summed E-state index contributed by atoms with van der Waals surface area (Å²) in [7, 11) is 3.63. The molecule has 0 radical (unpaired) electrons. The molecule has 3 aromatic rings. The van der Waals surface area contributed by atoms with E-state index < -0.39 is 0 Å². The van der Waals surface area contributed by atoms with Crippen LogP contribution < -0.4 is 9.47 Å². The molecule has 0 N–H and O–H groups in total. The summed E-state index contributed by atoms with van der Waals surface area (Å²) in [5, 5.41) is 10.4. The van der Waals surface area contributed by atoms with Crippen LogP contribution >= 0.6 is 0 Å². The van der Waals surface area contributed by atoms with E-state index in [0.717, 1.165) is 22.2 Å². The summed E-state index contributed by atoms with van der Waals surface area (Å²) in [6.07, 6.45) is 3.60. The van der Waals surface area contributed by atoms with Gasteiger partial charge in [0.1, 0.15) is 0 Å². The highest BCUT2D eigenvalue weighted by atomic mass is 16.5. The summed E-state index contributed by atoms with van der Waals surface area (Å²) in [5.41, 5.74) is 3.89. The highest BCUT2D eigenvalue weighted by Crippen LogP contribution is 2.34. The van der Waals surface area contributed by atoms with Gasteiger partial charge in [-0.15, -0.1) is 0 Å². The van der Waals surface area contributed by atoms with E-state index in [4.69, 9.17) is 9.47 Å². The van der Waals surface area contributed by atoms with Gasteiger partial charge in [0.2, 0.25) is 0 Å².